The molecule has 3 nitrogen and oxygen atoms in total. The van der Waals surface area contributed by atoms with Gasteiger partial charge in [0.05, 0.1) is 6.42 Å². The molecule has 82 valence electrons. The first-order valence-corrected chi connectivity index (χ1v) is 6.12. The first-order chi connectivity index (χ1) is 7.24. The Bertz CT molecular complexity index is 342. The number of Topliss-reactive ketones (excluding diaryl/α,β-unsaturated/α-hetero) is 1. The zero-order valence-corrected chi connectivity index (χ0v) is 9.68. The summed E-state index contributed by atoms with van der Waals surface area (Å²) < 4.78 is 5.25. The van der Waals surface area contributed by atoms with Gasteiger partial charge in [-0.25, -0.2) is 4.98 Å². The largest absolute Gasteiger partial charge is 0.381 e. The Morgan fingerprint density at radius 1 is 1.73 bits per heavy atom. The Balaban J connectivity index is 1.81. The molecule has 0 aromatic carbocycles. The zero-order valence-electron chi connectivity index (χ0n) is 8.86. The lowest BCUT2D eigenvalue weighted by molar-refractivity contribution is -0.119. The van der Waals surface area contributed by atoms with Crippen LogP contribution in [0.4, 0.5) is 0 Å². The minimum Gasteiger partial charge on any atom is -0.381 e. The highest BCUT2D eigenvalue weighted by atomic mass is 32.1. The van der Waals surface area contributed by atoms with Crippen molar-refractivity contribution in [2.24, 2.45) is 5.92 Å². The second kappa shape index (κ2) is 4.86. The van der Waals surface area contributed by atoms with Crippen LogP contribution in [0, 0.1) is 12.8 Å². The number of hydrogen-bond acceptors (Lipinski definition) is 4. The second-order valence-corrected chi connectivity index (χ2v) is 4.97. The standard InChI is InChI=1S/C11H15NO2S/c1-8-7-15-11(12-8)5-10(13)4-9-2-3-14-6-9/h7,9H,2-6H2,1H3. The molecule has 1 atom stereocenters. The Hall–Kier alpha value is -0.740. The van der Waals surface area contributed by atoms with Gasteiger partial charge in [-0.05, 0) is 19.3 Å². The van der Waals surface area contributed by atoms with Crippen LogP contribution < -0.4 is 0 Å². The van der Waals surface area contributed by atoms with Gasteiger partial charge in [-0.3, -0.25) is 4.79 Å². The van der Waals surface area contributed by atoms with E-state index in [-0.39, 0.29) is 0 Å². The SMILES string of the molecule is Cc1csc(CC(=O)CC2CCOC2)n1. The number of nitrogens with zero attached hydrogens (tertiary/aromatic N) is 1. The lowest BCUT2D eigenvalue weighted by Crippen LogP contribution is -2.10. The third-order valence-electron chi connectivity index (χ3n) is 2.56. The van der Waals surface area contributed by atoms with Gasteiger partial charge in [-0.2, -0.15) is 0 Å². The number of aromatic nitrogens is 1. The maximum atomic E-state index is 11.7. The molecule has 0 N–H and O–H groups in total. The summed E-state index contributed by atoms with van der Waals surface area (Å²) in [6.45, 7) is 3.52. The van der Waals surface area contributed by atoms with Gasteiger partial charge < -0.3 is 4.74 Å². The molecule has 2 heterocycles. The van der Waals surface area contributed by atoms with Crippen molar-refractivity contribution in [3.05, 3.63) is 16.1 Å². The molecule has 1 aromatic heterocycles. The van der Waals surface area contributed by atoms with Crippen molar-refractivity contribution in [2.45, 2.75) is 26.2 Å². The summed E-state index contributed by atoms with van der Waals surface area (Å²) in [5.41, 5.74) is 1.01. The summed E-state index contributed by atoms with van der Waals surface area (Å²) in [5, 5.41) is 2.93. The van der Waals surface area contributed by atoms with E-state index in [9.17, 15) is 4.79 Å². The molecular formula is C11H15NO2S. The molecule has 1 aromatic rings. The van der Waals surface area contributed by atoms with Gasteiger partial charge in [0.25, 0.3) is 0 Å². The van der Waals surface area contributed by atoms with Crippen molar-refractivity contribution >= 4 is 17.1 Å². The fraction of sp³-hybridized carbons (Fsp3) is 0.636. The summed E-state index contributed by atoms with van der Waals surface area (Å²) in [7, 11) is 0. The quantitative estimate of drug-likeness (QED) is 0.786. The summed E-state index contributed by atoms with van der Waals surface area (Å²) in [5.74, 6) is 0.735. The highest BCUT2D eigenvalue weighted by molar-refractivity contribution is 7.09. The number of ether oxygens (including phenoxy) is 1. The smallest absolute Gasteiger partial charge is 0.140 e. The van der Waals surface area contributed by atoms with E-state index in [1.165, 1.54) is 0 Å². The van der Waals surface area contributed by atoms with Crippen LogP contribution in [0.15, 0.2) is 5.38 Å². The van der Waals surface area contributed by atoms with Gasteiger partial charge in [-0.15, -0.1) is 11.3 Å². The molecule has 0 radical (unpaired) electrons. The molecule has 2 rings (SSSR count). The van der Waals surface area contributed by atoms with E-state index in [0.29, 0.717) is 24.5 Å². The van der Waals surface area contributed by atoms with Crippen LogP contribution in [0.1, 0.15) is 23.5 Å². The number of hydrogen-bond donors (Lipinski definition) is 0. The van der Waals surface area contributed by atoms with E-state index in [1.54, 1.807) is 11.3 Å². The van der Waals surface area contributed by atoms with Gasteiger partial charge in [0, 0.05) is 30.7 Å². The average Bonchev–Trinajstić information content (AvgIpc) is 2.77. The summed E-state index contributed by atoms with van der Waals surface area (Å²) in [6.07, 6.45) is 2.18. The normalized spacial score (nSPS) is 20.7. The van der Waals surface area contributed by atoms with E-state index in [0.717, 1.165) is 30.3 Å². The topological polar surface area (TPSA) is 39.2 Å². The van der Waals surface area contributed by atoms with Gasteiger partial charge in [0.15, 0.2) is 0 Å². The van der Waals surface area contributed by atoms with Crippen LogP contribution in [-0.4, -0.2) is 24.0 Å². The third-order valence-corrected chi connectivity index (χ3v) is 3.52. The Kier molecular flexibility index (Phi) is 3.49. The second-order valence-electron chi connectivity index (χ2n) is 4.03. The monoisotopic (exact) mass is 225 g/mol. The number of aryl methyl sites for hydroxylation is 1. The molecule has 0 bridgehead atoms. The molecule has 0 spiro atoms. The highest BCUT2D eigenvalue weighted by Crippen LogP contribution is 2.18. The first kappa shape index (κ1) is 10.8. The molecule has 1 unspecified atom stereocenters. The fourth-order valence-corrected chi connectivity index (χ4v) is 2.59. The molecule has 0 saturated carbocycles. The molecule has 1 saturated heterocycles. The van der Waals surface area contributed by atoms with Crippen molar-refractivity contribution in [3.63, 3.8) is 0 Å². The number of carbonyl (C=O) groups excluding carboxylic acids is 1. The van der Waals surface area contributed by atoms with E-state index in [1.807, 2.05) is 12.3 Å². The van der Waals surface area contributed by atoms with Crippen LogP contribution in [0.25, 0.3) is 0 Å². The van der Waals surface area contributed by atoms with Crippen LogP contribution in [-0.2, 0) is 16.0 Å². The summed E-state index contributed by atoms with van der Waals surface area (Å²) in [6, 6.07) is 0. The summed E-state index contributed by atoms with van der Waals surface area (Å²) in [4.78, 5) is 16.0. The van der Waals surface area contributed by atoms with Gasteiger partial charge in [0.1, 0.15) is 10.8 Å². The fourth-order valence-electron chi connectivity index (χ4n) is 1.79. The summed E-state index contributed by atoms with van der Waals surface area (Å²) >= 11 is 1.57. The van der Waals surface area contributed by atoms with Crippen molar-refractivity contribution in [3.8, 4) is 0 Å². The number of thiazole rings is 1. The predicted octanol–water partition coefficient (Wildman–Crippen LogP) is 1.99. The van der Waals surface area contributed by atoms with Crippen molar-refractivity contribution in [1.29, 1.82) is 0 Å². The van der Waals surface area contributed by atoms with Crippen molar-refractivity contribution in [1.82, 2.24) is 4.98 Å². The Morgan fingerprint density at radius 3 is 3.20 bits per heavy atom. The average molecular weight is 225 g/mol. The Labute approximate surface area is 93.5 Å². The van der Waals surface area contributed by atoms with Crippen LogP contribution >= 0.6 is 11.3 Å². The van der Waals surface area contributed by atoms with E-state index >= 15 is 0 Å². The highest BCUT2D eigenvalue weighted by Gasteiger charge is 2.19. The molecule has 0 amide bonds. The molecule has 0 aliphatic carbocycles. The number of ketones is 1. The molecule has 4 heteroatoms. The number of rotatable bonds is 4. The van der Waals surface area contributed by atoms with E-state index in [4.69, 9.17) is 4.74 Å². The van der Waals surface area contributed by atoms with Gasteiger partial charge >= 0.3 is 0 Å². The van der Waals surface area contributed by atoms with E-state index in [2.05, 4.69) is 4.98 Å². The maximum absolute atomic E-state index is 11.7. The Morgan fingerprint density at radius 2 is 2.60 bits per heavy atom. The molecule has 15 heavy (non-hydrogen) atoms. The van der Waals surface area contributed by atoms with Crippen LogP contribution in [0.2, 0.25) is 0 Å². The molecular weight excluding hydrogens is 210 g/mol. The minimum atomic E-state index is 0.292. The molecule has 1 aliphatic heterocycles. The van der Waals surface area contributed by atoms with Gasteiger partial charge in [0.2, 0.25) is 0 Å². The molecule has 1 aliphatic rings. The third kappa shape index (κ3) is 3.11. The lowest BCUT2D eigenvalue weighted by atomic mass is 10.0. The van der Waals surface area contributed by atoms with Crippen molar-refractivity contribution in [2.75, 3.05) is 13.2 Å². The molecule has 1 fully saturated rings. The van der Waals surface area contributed by atoms with Gasteiger partial charge in [-0.1, -0.05) is 0 Å². The first-order valence-electron chi connectivity index (χ1n) is 5.24. The lowest BCUT2D eigenvalue weighted by Gasteiger charge is -2.04. The number of carbonyl (C=O) groups is 1. The van der Waals surface area contributed by atoms with Crippen LogP contribution in [0.3, 0.4) is 0 Å². The van der Waals surface area contributed by atoms with E-state index < -0.39 is 0 Å². The van der Waals surface area contributed by atoms with Crippen molar-refractivity contribution < 1.29 is 9.53 Å². The predicted molar refractivity (Wildman–Crippen MR) is 59.1 cm³/mol. The minimum absolute atomic E-state index is 0.292. The van der Waals surface area contributed by atoms with Crippen LogP contribution in [0.5, 0.6) is 0 Å². The zero-order chi connectivity index (χ0) is 10.7. The maximum Gasteiger partial charge on any atom is 0.140 e.